The minimum absolute atomic E-state index is 0.251. The molecule has 1 aromatic heterocycles. The number of aromatic nitrogens is 2. The van der Waals surface area contributed by atoms with Gasteiger partial charge < -0.3 is 4.90 Å². The summed E-state index contributed by atoms with van der Waals surface area (Å²) in [7, 11) is -7.77. The zero-order chi connectivity index (χ0) is 19.0. The van der Waals surface area contributed by atoms with Crippen molar-refractivity contribution in [1.82, 2.24) is 9.36 Å². The zero-order valence-corrected chi connectivity index (χ0v) is 15.0. The van der Waals surface area contributed by atoms with Crippen molar-refractivity contribution in [3.8, 4) is 5.69 Å². The standard InChI is InChI=1S/C13H17N3O7S2/c1-10-12(15(8-24(18,19)20)9-25(21,22)23)13(17)16(14(10)2)11-6-4-3-5-7-11/h3-7H,8-9H2,1-2H3,(H,18,19,20)(H,21,22,23). The first-order chi connectivity index (χ1) is 11.4. The second kappa shape index (κ2) is 6.63. The van der Waals surface area contributed by atoms with Gasteiger partial charge in [0.1, 0.15) is 17.4 Å². The Kier molecular flexibility index (Phi) is 5.09. The highest BCUT2D eigenvalue weighted by Crippen LogP contribution is 2.19. The van der Waals surface area contributed by atoms with Gasteiger partial charge in [-0.3, -0.25) is 18.6 Å². The largest absolute Gasteiger partial charge is 0.333 e. The predicted molar refractivity (Wildman–Crippen MR) is 91.1 cm³/mol. The van der Waals surface area contributed by atoms with E-state index < -0.39 is 37.5 Å². The molecule has 2 rings (SSSR count). The van der Waals surface area contributed by atoms with E-state index >= 15 is 0 Å². The molecule has 1 aromatic carbocycles. The molecule has 0 atom stereocenters. The molecule has 0 fully saturated rings. The van der Waals surface area contributed by atoms with Gasteiger partial charge in [0.15, 0.2) is 0 Å². The minimum Gasteiger partial charge on any atom is -0.333 e. The molecule has 25 heavy (non-hydrogen) atoms. The SMILES string of the molecule is Cc1c(N(CS(=O)(=O)O)CS(=O)(=O)O)c(=O)n(-c2ccccc2)n1C. The van der Waals surface area contributed by atoms with Crippen molar-refractivity contribution in [1.29, 1.82) is 0 Å². The molecule has 2 aromatic rings. The predicted octanol–water partition coefficient (Wildman–Crippen LogP) is -0.0186. The fourth-order valence-corrected chi connectivity index (χ4v) is 3.82. The quantitative estimate of drug-likeness (QED) is 0.655. The van der Waals surface area contributed by atoms with Crippen molar-refractivity contribution in [3.63, 3.8) is 0 Å². The van der Waals surface area contributed by atoms with Gasteiger partial charge in [0.2, 0.25) is 0 Å². The molecule has 0 aliphatic rings. The number of rotatable bonds is 6. The Morgan fingerprint density at radius 3 is 1.92 bits per heavy atom. The summed E-state index contributed by atoms with van der Waals surface area (Å²) in [5.41, 5.74) is -0.232. The normalized spacial score (nSPS) is 12.3. The first-order valence-electron chi connectivity index (χ1n) is 6.90. The van der Waals surface area contributed by atoms with Crippen LogP contribution in [-0.2, 0) is 27.3 Å². The van der Waals surface area contributed by atoms with E-state index in [1.807, 2.05) is 0 Å². The number of hydrogen-bond acceptors (Lipinski definition) is 6. The highest BCUT2D eigenvalue weighted by Gasteiger charge is 2.27. The average Bonchev–Trinajstić information content (AvgIpc) is 2.66. The van der Waals surface area contributed by atoms with Gasteiger partial charge in [0, 0.05) is 7.05 Å². The van der Waals surface area contributed by atoms with Gasteiger partial charge in [-0.15, -0.1) is 0 Å². The summed E-state index contributed by atoms with van der Waals surface area (Å²) in [6.07, 6.45) is 0. The molecule has 0 aliphatic carbocycles. The van der Waals surface area contributed by atoms with E-state index in [1.54, 1.807) is 30.3 Å². The van der Waals surface area contributed by atoms with Crippen LogP contribution in [0.2, 0.25) is 0 Å². The molecular formula is C13H17N3O7S2. The lowest BCUT2D eigenvalue weighted by Gasteiger charge is -2.19. The molecule has 0 saturated heterocycles. The maximum absolute atomic E-state index is 12.8. The molecule has 1 heterocycles. The molecule has 12 heteroatoms. The molecule has 0 radical (unpaired) electrons. The molecule has 0 bridgehead atoms. The molecule has 2 N–H and O–H groups in total. The van der Waals surface area contributed by atoms with Crippen molar-refractivity contribution in [2.24, 2.45) is 7.05 Å². The molecule has 0 unspecified atom stereocenters. The topological polar surface area (TPSA) is 139 Å². The Hall–Kier alpha value is -2.15. The van der Waals surface area contributed by atoms with Crippen LogP contribution in [0.4, 0.5) is 5.69 Å². The van der Waals surface area contributed by atoms with Crippen LogP contribution in [-0.4, -0.2) is 47.1 Å². The van der Waals surface area contributed by atoms with Gasteiger partial charge >= 0.3 is 0 Å². The first-order valence-corrected chi connectivity index (χ1v) is 10.1. The summed E-state index contributed by atoms with van der Waals surface area (Å²) in [6.45, 7) is 1.48. The van der Waals surface area contributed by atoms with Crippen molar-refractivity contribution >= 4 is 25.9 Å². The smallest absolute Gasteiger partial charge is 0.295 e. The minimum atomic E-state index is -4.65. The third-order valence-electron chi connectivity index (χ3n) is 3.48. The second-order valence-electron chi connectivity index (χ2n) is 5.37. The van der Waals surface area contributed by atoms with Crippen molar-refractivity contribution in [2.45, 2.75) is 6.92 Å². The summed E-state index contributed by atoms with van der Waals surface area (Å²) in [6, 6.07) is 8.41. The van der Waals surface area contributed by atoms with Crippen molar-refractivity contribution in [3.05, 3.63) is 46.4 Å². The maximum atomic E-state index is 12.8. The van der Waals surface area contributed by atoms with E-state index in [-0.39, 0.29) is 11.4 Å². The molecular weight excluding hydrogens is 374 g/mol. The number of para-hydroxylation sites is 1. The van der Waals surface area contributed by atoms with Crippen LogP contribution in [0.3, 0.4) is 0 Å². The van der Waals surface area contributed by atoms with Crippen LogP contribution in [0.25, 0.3) is 5.69 Å². The van der Waals surface area contributed by atoms with Crippen LogP contribution < -0.4 is 10.5 Å². The second-order valence-corrected chi connectivity index (χ2v) is 8.22. The fourth-order valence-electron chi connectivity index (χ4n) is 2.48. The lowest BCUT2D eigenvalue weighted by molar-refractivity contribution is 0.476. The summed E-state index contributed by atoms with van der Waals surface area (Å²) in [4.78, 5) is 13.4. The van der Waals surface area contributed by atoms with E-state index in [0.29, 0.717) is 10.6 Å². The van der Waals surface area contributed by atoms with E-state index in [9.17, 15) is 21.6 Å². The van der Waals surface area contributed by atoms with Crippen LogP contribution in [0, 0.1) is 6.92 Å². The van der Waals surface area contributed by atoms with Crippen LogP contribution in [0.5, 0.6) is 0 Å². The monoisotopic (exact) mass is 391 g/mol. The van der Waals surface area contributed by atoms with Gasteiger partial charge in [0.05, 0.1) is 11.4 Å². The third kappa shape index (κ3) is 4.48. The number of anilines is 1. The molecule has 0 aliphatic heterocycles. The fraction of sp³-hybridized carbons (Fsp3) is 0.308. The van der Waals surface area contributed by atoms with E-state index in [2.05, 4.69) is 0 Å². The Bertz CT molecular complexity index is 1000. The van der Waals surface area contributed by atoms with Crippen LogP contribution >= 0.6 is 0 Å². The van der Waals surface area contributed by atoms with Gasteiger partial charge in [0.25, 0.3) is 25.8 Å². The zero-order valence-electron chi connectivity index (χ0n) is 13.4. The van der Waals surface area contributed by atoms with Crippen LogP contribution in [0.1, 0.15) is 5.69 Å². The summed E-state index contributed by atoms with van der Waals surface area (Å²) >= 11 is 0. The lowest BCUT2D eigenvalue weighted by Crippen LogP contribution is -2.37. The Balaban J connectivity index is 2.69. The number of benzene rings is 1. The highest BCUT2D eigenvalue weighted by molar-refractivity contribution is 7.86. The Morgan fingerprint density at radius 2 is 1.48 bits per heavy atom. The summed E-state index contributed by atoms with van der Waals surface area (Å²) in [5.74, 6) is -2.33. The van der Waals surface area contributed by atoms with Gasteiger partial charge in [-0.25, -0.2) is 4.68 Å². The summed E-state index contributed by atoms with van der Waals surface area (Å²) in [5, 5.41) is 0. The molecule has 0 spiro atoms. The van der Waals surface area contributed by atoms with Gasteiger partial charge in [-0.05, 0) is 19.1 Å². The lowest BCUT2D eigenvalue weighted by atomic mass is 10.3. The third-order valence-corrected chi connectivity index (χ3v) is 4.75. The molecule has 10 nitrogen and oxygen atoms in total. The first kappa shape index (κ1) is 19.2. The van der Waals surface area contributed by atoms with Gasteiger partial charge in [-0.1, -0.05) is 18.2 Å². The number of hydrogen-bond donors (Lipinski definition) is 2. The average molecular weight is 391 g/mol. The number of nitrogens with zero attached hydrogens (tertiary/aromatic N) is 3. The Morgan fingerprint density at radius 1 is 1.00 bits per heavy atom. The Labute approximate surface area is 144 Å². The highest BCUT2D eigenvalue weighted by atomic mass is 32.2. The molecule has 0 amide bonds. The van der Waals surface area contributed by atoms with Crippen LogP contribution in [0.15, 0.2) is 35.1 Å². The maximum Gasteiger partial charge on any atom is 0.295 e. The van der Waals surface area contributed by atoms with E-state index in [0.717, 1.165) is 0 Å². The van der Waals surface area contributed by atoms with E-state index in [4.69, 9.17) is 9.11 Å². The molecule has 138 valence electrons. The molecule has 0 saturated carbocycles. The van der Waals surface area contributed by atoms with E-state index in [1.165, 1.54) is 23.3 Å². The summed E-state index contributed by atoms with van der Waals surface area (Å²) < 4.78 is 65.6. The van der Waals surface area contributed by atoms with Crippen molar-refractivity contribution < 1.29 is 25.9 Å². The van der Waals surface area contributed by atoms with Crippen molar-refractivity contribution in [2.75, 3.05) is 16.7 Å². The van der Waals surface area contributed by atoms with Gasteiger partial charge in [-0.2, -0.15) is 16.8 Å².